The van der Waals surface area contributed by atoms with E-state index in [1.54, 1.807) is 5.57 Å². The minimum Gasteiger partial charge on any atom is -0.393 e. The predicted octanol–water partition coefficient (Wildman–Crippen LogP) is 6.59. The molecule has 0 aromatic rings. The zero-order valence-electron chi connectivity index (χ0n) is 19.3. The van der Waals surface area contributed by atoms with E-state index in [0.29, 0.717) is 24.2 Å². The van der Waals surface area contributed by atoms with Crippen LogP contribution in [-0.4, -0.2) is 22.4 Å². The number of allylic oxidation sites excluding steroid dienone is 3. The van der Waals surface area contributed by atoms with Gasteiger partial charge in [0.15, 0.2) is 0 Å². The van der Waals surface area contributed by atoms with Gasteiger partial charge in [-0.15, -0.1) is 0 Å². The van der Waals surface area contributed by atoms with Crippen LogP contribution in [0.1, 0.15) is 91.9 Å². The fourth-order valence-corrected chi connectivity index (χ4v) is 6.73. The molecule has 0 aromatic heterocycles. The van der Waals surface area contributed by atoms with Gasteiger partial charge in [-0.25, -0.2) is 0 Å². The zero-order valence-corrected chi connectivity index (χ0v) is 19.3. The van der Waals surface area contributed by atoms with Gasteiger partial charge < -0.3 is 10.2 Å². The van der Waals surface area contributed by atoms with Crippen LogP contribution in [0.25, 0.3) is 0 Å². The van der Waals surface area contributed by atoms with Gasteiger partial charge in [-0.1, -0.05) is 71.3 Å². The number of aliphatic hydroxyl groups is 2. The second-order valence-electron chi connectivity index (χ2n) is 11.0. The van der Waals surface area contributed by atoms with Crippen LogP contribution in [0.4, 0.5) is 0 Å². The molecule has 2 nitrogen and oxygen atoms in total. The Morgan fingerprint density at radius 1 is 1.14 bits per heavy atom. The van der Waals surface area contributed by atoms with Crippen LogP contribution in [-0.2, 0) is 0 Å². The summed E-state index contributed by atoms with van der Waals surface area (Å²) in [5.41, 5.74) is 3.88. The summed E-state index contributed by atoms with van der Waals surface area (Å²) in [5.74, 6) is 3.20. The fraction of sp³-hybridized carbons (Fsp3) is 0.778. The molecule has 3 aliphatic rings. The van der Waals surface area contributed by atoms with Crippen LogP contribution in [0.5, 0.6) is 0 Å². The molecule has 3 saturated carbocycles. The third-order valence-corrected chi connectivity index (χ3v) is 8.43. The molecule has 29 heavy (non-hydrogen) atoms. The molecular formula is C27H44O2. The van der Waals surface area contributed by atoms with Crippen LogP contribution in [0, 0.1) is 29.1 Å². The van der Waals surface area contributed by atoms with E-state index in [2.05, 4.69) is 46.4 Å². The minimum atomic E-state index is -0.595. The highest BCUT2D eigenvalue weighted by Crippen LogP contribution is 2.59. The predicted molar refractivity (Wildman–Crippen MR) is 123 cm³/mol. The van der Waals surface area contributed by atoms with Gasteiger partial charge in [0.1, 0.15) is 0 Å². The van der Waals surface area contributed by atoms with E-state index >= 15 is 0 Å². The van der Waals surface area contributed by atoms with Gasteiger partial charge in [0.25, 0.3) is 0 Å². The SMILES string of the molecule is C=C1/C(=C\C=C2/CCC[C@@]3(C)C2CCC3[C@H](C)CCCC(C)C)C[C@@H](O)C[C@@H]1O. The Kier molecular flexibility index (Phi) is 7.49. The van der Waals surface area contributed by atoms with Crippen molar-refractivity contribution in [3.63, 3.8) is 0 Å². The number of hydrogen-bond acceptors (Lipinski definition) is 2. The third kappa shape index (κ3) is 5.07. The first kappa shape index (κ1) is 22.8. The molecule has 2 heteroatoms. The first-order chi connectivity index (χ1) is 13.7. The summed E-state index contributed by atoms with van der Waals surface area (Å²) in [6.45, 7) is 13.8. The van der Waals surface area contributed by atoms with Crippen molar-refractivity contribution in [2.45, 2.75) is 104 Å². The molecule has 0 radical (unpaired) electrons. The Balaban J connectivity index is 1.71. The van der Waals surface area contributed by atoms with E-state index < -0.39 is 12.2 Å². The normalized spacial score (nSPS) is 39.3. The molecule has 2 unspecified atom stereocenters. The molecular weight excluding hydrogens is 356 g/mol. The van der Waals surface area contributed by atoms with Crippen molar-refractivity contribution >= 4 is 0 Å². The number of rotatable bonds is 6. The highest BCUT2D eigenvalue weighted by atomic mass is 16.3. The van der Waals surface area contributed by atoms with Crippen LogP contribution >= 0.6 is 0 Å². The van der Waals surface area contributed by atoms with Crippen molar-refractivity contribution in [2.24, 2.45) is 29.1 Å². The molecule has 0 amide bonds. The molecule has 0 bridgehead atoms. The average Bonchev–Trinajstić information content (AvgIpc) is 3.00. The Hall–Kier alpha value is -0.860. The van der Waals surface area contributed by atoms with Crippen LogP contribution < -0.4 is 0 Å². The van der Waals surface area contributed by atoms with Gasteiger partial charge in [-0.05, 0) is 78.8 Å². The Labute approximate surface area is 179 Å². The Morgan fingerprint density at radius 2 is 1.90 bits per heavy atom. The highest BCUT2D eigenvalue weighted by molar-refractivity contribution is 5.38. The molecule has 3 fully saturated rings. The van der Waals surface area contributed by atoms with Gasteiger partial charge in [-0.3, -0.25) is 0 Å². The molecule has 164 valence electrons. The Morgan fingerprint density at radius 3 is 2.62 bits per heavy atom. The van der Waals surface area contributed by atoms with E-state index in [9.17, 15) is 10.2 Å². The topological polar surface area (TPSA) is 40.5 Å². The van der Waals surface area contributed by atoms with Crippen molar-refractivity contribution in [3.8, 4) is 0 Å². The number of aliphatic hydroxyl groups excluding tert-OH is 2. The van der Waals surface area contributed by atoms with Gasteiger partial charge in [0, 0.05) is 6.42 Å². The van der Waals surface area contributed by atoms with E-state index in [1.807, 2.05) is 0 Å². The van der Waals surface area contributed by atoms with Gasteiger partial charge in [0.2, 0.25) is 0 Å². The summed E-state index contributed by atoms with van der Waals surface area (Å²) in [4.78, 5) is 0. The fourth-order valence-electron chi connectivity index (χ4n) is 6.73. The maximum Gasteiger partial charge on any atom is 0.0811 e. The maximum absolute atomic E-state index is 10.1. The summed E-state index contributed by atoms with van der Waals surface area (Å²) in [7, 11) is 0. The molecule has 0 saturated heterocycles. The second-order valence-corrected chi connectivity index (χ2v) is 11.0. The first-order valence-electron chi connectivity index (χ1n) is 12.2. The first-order valence-corrected chi connectivity index (χ1v) is 12.2. The summed E-state index contributed by atoms with van der Waals surface area (Å²) >= 11 is 0. The monoisotopic (exact) mass is 400 g/mol. The van der Waals surface area contributed by atoms with Crippen molar-refractivity contribution in [2.75, 3.05) is 0 Å². The van der Waals surface area contributed by atoms with Crippen molar-refractivity contribution in [3.05, 3.63) is 35.5 Å². The van der Waals surface area contributed by atoms with Crippen LogP contribution in [0.15, 0.2) is 35.5 Å². The molecule has 6 atom stereocenters. The molecule has 0 aromatic carbocycles. The smallest absolute Gasteiger partial charge is 0.0811 e. The zero-order chi connectivity index (χ0) is 21.2. The minimum absolute atomic E-state index is 0.420. The highest BCUT2D eigenvalue weighted by Gasteiger charge is 2.50. The quantitative estimate of drug-likeness (QED) is 0.528. The van der Waals surface area contributed by atoms with E-state index in [0.717, 1.165) is 28.9 Å². The van der Waals surface area contributed by atoms with Crippen LogP contribution in [0.3, 0.4) is 0 Å². The van der Waals surface area contributed by atoms with E-state index in [-0.39, 0.29) is 0 Å². The lowest BCUT2D eigenvalue weighted by atomic mass is 9.60. The van der Waals surface area contributed by atoms with Crippen LogP contribution in [0.2, 0.25) is 0 Å². The van der Waals surface area contributed by atoms with Gasteiger partial charge in [0.05, 0.1) is 12.2 Å². The maximum atomic E-state index is 10.1. The summed E-state index contributed by atoms with van der Waals surface area (Å²) in [6.07, 6.45) is 15.2. The molecule has 0 spiro atoms. The summed E-state index contributed by atoms with van der Waals surface area (Å²) in [5, 5.41) is 20.2. The number of fused-ring (bicyclic) bond motifs is 1. The lowest BCUT2D eigenvalue weighted by Crippen LogP contribution is -2.36. The van der Waals surface area contributed by atoms with Crippen molar-refractivity contribution < 1.29 is 10.2 Å². The molecule has 3 aliphatic carbocycles. The summed E-state index contributed by atoms with van der Waals surface area (Å²) < 4.78 is 0. The molecule has 0 aliphatic heterocycles. The second kappa shape index (κ2) is 9.52. The van der Waals surface area contributed by atoms with Crippen molar-refractivity contribution in [1.82, 2.24) is 0 Å². The summed E-state index contributed by atoms with van der Waals surface area (Å²) in [6, 6.07) is 0. The van der Waals surface area contributed by atoms with Gasteiger partial charge >= 0.3 is 0 Å². The van der Waals surface area contributed by atoms with E-state index in [1.165, 1.54) is 51.4 Å². The third-order valence-electron chi connectivity index (χ3n) is 8.43. The lowest BCUT2D eigenvalue weighted by Gasteiger charge is -2.44. The largest absolute Gasteiger partial charge is 0.393 e. The van der Waals surface area contributed by atoms with E-state index in [4.69, 9.17) is 0 Å². The average molecular weight is 401 g/mol. The number of hydrogen-bond donors (Lipinski definition) is 2. The standard InChI is InChI=1S/C27H44O2/c1-18(2)8-6-9-19(3)24-13-14-25-21(10-7-15-27(24,25)5)11-12-22-16-23(28)17-26(29)20(22)4/h11-12,18-19,23-26,28-29H,4,6-10,13-17H2,1-3,5H3/b21-11+,22-12-/t19-,23-,24?,25?,26+,27-/m1/s1. The molecule has 3 rings (SSSR count). The van der Waals surface area contributed by atoms with Crippen molar-refractivity contribution in [1.29, 1.82) is 0 Å². The molecule has 0 heterocycles. The lowest BCUT2D eigenvalue weighted by molar-refractivity contribution is 0.0861. The van der Waals surface area contributed by atoms with Gasteiger partial charge in [-0.2, -0.15) is 0 Å². The Bertz CT molecular complexity index is 643. The molecule has 2 N–H and O–H groups in total.